The molecular formula is C41H64N2O9SSi2. The van der Waals surface area contributed by atoms with E-state index in [4.69, 9.17) is 28.4 Å². The van der Waals surface area contributed by atoms with Crippen LogP contribution in [0.1, 0.15) is 42.2 Å². The van der Waals surface area contributed by atoms with Crippen molar-refractivity contribution < 1.29 is 41.9 Å². The highest BCUT2D eigenvalue weighted by Crippen LogP contribution is 2.33. The largest absolute Gasteiger partial charge is 0.491 e. The van der Waals surface area contributed by atoms with E-state index in [9.17, 15) is 13.5 Å². The Balaban J connectivity index is 1.17. The van der Waals surface area contributed by atoms with Crippen molar-refractivity contribution in [3.8, 4) is 11.5 Å². The molecule has 0 radical (unpaired) electrons. The Hall–Kier alpha value is -2.64. The molecule has 0 aliphatic carbocycles. The summed E-state index contributed by atoms with van der Waals surface area (Å²) in [4.78, 5) is 0.184. The van der Waals surface area contributed by atoms with Gasteiger partial charge in [-0.3, -0.25) is 0 Å². The van der Waals surface area contributed by atoms with Gasteiger partial charge >= 0.3 is 0 Å². The molecule has 1 aliphatic rings. The molecule has 55 heavy (non-hydrogen) atoms. The summed E-state index contributed by atoms with van der Waals surface area (Å²) in [7, 11) is -6.49. The highest BCUT2D eigenvalue weighted by Gasteiger charge is 2.28. The Labute approximate surface area is 331 Å². The predicted octanol–water partition coefficient (Wildman–Crippen LogP) is 7.41. The topological polar surface area (TPSA) is 125 Å². The van der Waals surface area contributed by atoms with Crippen LogP contribution in [0.4, 0.5) is 0 Å². The maximum atomic E-state index is 13.7. The highest BCUT2D eigenvalue weighted by atomic mass is 32.2. The number of aliphatic hydroxyl groups is 1. The van der Waals surface area contributed by atoms with Crippen LogP contribution in [0.5, 0.6) is 11.5 Å². The van der Waals surface area contributed by atoms with Crippen molar-refractivity contribution in [3.63, 3.8) is 0 Å². The first-order valence-electron chi connectivity index (χ1n) is 19.3. The quantitative estimate of drug-likeness (QED) is 0.0537. The second kappa shape index (κ2) is 20.7. The molecule has 1 atom stereocenters. The molecule has 3 aromatic rings. The summed E-state index contributed by atoms with van der Waals surface area (Å²) in [5.41, 5.74) is 3.67. The van der Waals surface area contributed by atoms with E-state index in [0.717, 1.165) is 58.8 Å². The summed E-state index contributed by atoms with van der Waals surface area (Å²) in [6, 6.07) is 22.4. The number of sulfonamides is 1. The summed E-state index contributed by atoms with van der Waals surface area (Å²) in [6.45, 7) is 20.9. The third-order valence-corrected chi connectivity index (χ3v) is 14.2. The zero-order chi connectivity index (χ0) is 40.1. The van der Waals surface area contributed by atoms with Gasteiger partial charge in [-0.2, -0.15) is 0 Å². The van der Waals surface area contributed by atoms with Crippen LogP contribution < -0.4 is 14.8 Å². The fraction of sp³-hybridized carbons (Fsp3) is 0.561. The van der Waals surface area contributed by atoms with Crippen LogP contribution in [-0.2, 0) is 48.6 Å². The smallest absolute Gasteiger partial charge is 0.247 e. The minimum Gasteiger partial charge on any atom is -0.491 e. The number of nitrogens with zero attached hydrogens (tertiary/aromatic N) is 1. The summed E-state index contributed by atoms with van der Waals surface area (Å²) in [5.74, 6) is 0.892. The molecule has 0 saturated carbocycles. The van der Waals surface area contributed by atoms with Crippen molar-refractivity contribution in [1.29, 1.82) is 0 Å². The van der Waals surface area contributed by atoms with Gasteiger partial charge in [-0.25, -0.2) is 8.42 Å². The van der Waals surface area contributed by atoms with Crippen molar-refractivity contribution in [3.05, 3.63) is 89.0 Å². The van der Waals surface area contributed by atoms with Gasteiger partial charge in [-0.05, 0) is 78.1 Å². The van der Waals surface area contributed by atoms with E-state index in [2.05, 4.69) is 44.6 Å². The Kier molecular flexibility index (Phi) is 17.0. The Morgan fingerprint density at radius 2 is 1.51 bits per heavy atom. The number of aliphatic hydroxyl groups excluding tert-OH is 1. The lowest BCUT2D eigenvalue weighted by atomic mass is 10.0. The van der Waals surface area contributed by atoms with E-state index in [1.165, 1.54) is 4.31 Å². The minimum absolute atomic E-state index is 0.0532. The molecule has 3 aromatic carbocycles. The van der Waals surface area contributed by atoms with Gasteiger partial charge in [0, 0.05) is 55.3 Å². The molecule has 306 valence electrons. The molecular weight excluding hydrogens is 753 g/mol. The molecule has 0 saturated heterocycles. The summed E-state index contributed by atoms with van der Waals surface area (Å²) in [6.07, 6.45) is 0.172. The average Bonchev–Trinajstić information content (AvgIpc) is 3.11. The standard InChI is InChI=1S/C41H64N2O9SSi2/c1-41(2)51-30-36-27-35(14-17-40(36)52-41)39(44)28-42-19-18-33-12-15-37(16-13-33)50-21-20-47-29-34-10-9-11-38(26-34)53(45,46)43(31-48-22-24-54(3,4)5)32-49-23-25-55(6,7)8/h9-17,26-27,39,42,44H,18-25,28-32H2,1-8H3/t39-/m1/s1. The first kappa shape index (κ1) is 45.1. The lowest BCUT2D eigenvalue weighted by Gasteiger charge is -2.33. The van der Waals surface area contributed by atoms with Crippen LogP contribution in [-0.4, -0.2) is 92.7 Å². The Bertz CT molecular complexity index is 1710. The van der Waals surface area contributed by atoms with Crippen molar-refractivity contribution in [2.45, 2.75) is 102 Å². The maximum Gasteiger partial charge on any atom is 0.247 e. The number of benzene rings is 3. The van der Waals surface area contributed by atoms with Gasteiger partial charge in [0.25, 0.3) is 0 Å². The molecule has 0 amide bonds. The van der Waals surface area contributed by atoms with Crippen molar-refractivity contribution in [2.75, 3.05) is 53.0 Å². The average molecular weight is 817 g/mol. The Morgan fingerprint density at radius 1 is 0.836 bits per heavy atom. The molecule has 0 bridgehead atoms. The molecule has 4 rings (SSSR count). The molecule has 0 aromatic heterocycles. The van der Waals surface area contributed by atoms with Crippen LogP contribution in [0.3, 0.4) is 0 Å². The fourth-order valence-electron chi connectivity index (χ4n) is 5.53. The van der Waals surface area contributed by atoms with E-state index in [0.29, 0.717) is 39.6 Å². The number of hydrogen-bond donors (Lipinski definition) is 2. The molecule has 1 heterocycles. The number of nitrogens with one attached hydrogen (secondary N) is 1. The molecule has 2 N–H and O–H groups in total. The zero-order valence-corrected chi connectivity index (χ0v) is 37.0. The van der Waals surface area contributed by atoms with Crippen LogP contribution in [0.15, 0.2) is 71.6 Å². The van der Waals surface area contributed by atoms with Crippen LogP contribution in [0, 0.1) is 0 Å². The van der Waals surface area contributed by atoms with Crippen LogP contribution >= 0.6 is 0 Å². The van der Waals surface area contributed by atoms with Gasteiger partial charge in [-0.15, -0.1) is 4.31 Å². The van der Waals surface area contributed by atoms with Gasteiger partial charge in [-0.1, -0.05) is 69.6 Å². The Morgan fingerprint density at radius 3 is 2.16 bits per heavy atom. The second-order valence-electron chi connectivity index (χ2n) is 17.0. The molecule has 0 spiro atoms. The number of rotatable bonds is 24. The third kappa shape index (κ3) is 16.0. The van der Waals surface area contributed by atoms with Crippen LogP contribution in [0.25, 0.3) is 0 Å². The van der Waals surface area contributed by atoms with E-state index in [-0.39, 0.29) is 25.0 Å². The zero-order valence-electron chi connectivity index (χ0n) is 34.2. The van der Waals surface area contributed by atoms with Gasteiger partial charge in [0.1, 0.15) is 31.6 Å². The fourth-order valence-corrected chi connectivity index (χ4v) is 8.31. The summed E-state index contributed by atoms with van der Waals surface area (Å²) in [5, 5.41) is 14.1. The highest BCUT2D eigenvalue weighted by molar-refractivity contribution is 7.89. The molecule has 1 aliphatic heterocycles. The minimum atomic E-state index is -3.86. The molecule has 0 unspecified atom stereocenters. The first-order valence-corrected chi connectivity index (χ1v) is 28.1. The SMILES string of the molecule is CC1(C)OCc2cc([C@H](O)CNCCc3ccc(OCCOCc4cccc(S(=O)(=O)N(COCC[Si](C)(C)C)COCC[Si](C)(C)C)c4)cc3)ccc2O1. The lowest BCUT2D eigenvalue weighted by Crippen LogP contribution is -2.36. The van der Waals surface area contributed by atoms with E-state index < -0.39 is 38.1 Å². The predicted molar refractivity (Wildman–Crippen MR) is 222 cm³/mol. The first-order chi connectivity index (χ1) is 25.9. The maximum absolute atomic E-state index is 13.7. The normalized spacial score (nSPS) is 15.1. The molecule has 0 fully saturated rings. The second-order valence-corrected chi connectivity index (χ2v) is 30.2. The molecule has 14 heteroatoms. The van der Waals surface area contributed by atoms with E-state index in [1.807, 2.05) is 62.4 Å². The van der Waals surface area contributed by atoms with Crippen molar-refractivity contribution in [1.82, 2.24) is 9.62 Å². The van der Waals surface area contributed by atoms with Gasteiger partial charge in [0.2, 0.25) is 15.8 Å². The van der Waals surface area contributed by atoms with Crippen molar-refractivity contribution >= 4 is 26.2 Å². The number of hydrogen-bond acceptors (Lipinski definition) is 10. The van der Waals surface area contributed by atoms with Gasteiger partial charge in [0.15, 0.2) is 0 Å². The van der Waals surface area contributed by atoms with Crippen LogP contribution in [0.2, 0.25) is 51.4 Å². The number of fused-ring (bicyclic) bond motifs is 1. The van der Waals surface area contributed by atoms with Gasteiger partial charge < -0.3 is 38.8 Å². The molecule has 11 nitrogen and oxygen atoms in total. The van der Waals surface area contributed by atoms with E-state index in [1.54, 1.807) is 18.2 Å². The van der Waals surface area contributed by atoms with Crippen molar-refractivity contribution in [2.24, 2.45) is 0 Å². The van der Waals surface area contributed by atoms with E-state index >= 15 is 0 Å². The summed E-state index contributed by atoms with van der Waals surface area (Å²) < 4.78 is 63.8. The monoisotopic (exact) mass is 816 g/mol. The third-order valence-electron chi connectivity index (χ3n) is 9.02. The summed E-state index contributed by atoms with van der Waals surface area (Å²) >= 11 is 0. The van der Waals surface area contributed by atoms with Gasteiger partial charge in [0.05, 0.1) is 30.8 Å². The lowest BCUT2D eigenvalue weighted by molar-refractivity contribution is -0.180. The number of ether oxygens (including phenoxy) is 6.